The van der Waals surface area contributed by atoms with Gasteiger partial charge in [-0.05, 0) is 48.9 Å². The van der Waals surface area contributed by atoms with E-state index < -0.39 is 0 Å². The molecule has 0 bridgehead atoms. The summed E-state index contributed by atoms with van der Waals surface area (Å²) in [6, 6.07) is 7.26. The second-order valence-electron chi connectivity index (χ2n) is 5.81. The van der Waals surface area contributed by atoms with E-state index in [1.807, 2.05) is 0 Å². The fourth-order valence-corrected chi connectivity index (χ4v) is 3.28. The van der Waals surface area contributed by atoms with E-state index >= 15 is 0 Å². The van der Waals surface area contributed by atoms with Crippen molar-refractivity contribution < 1.29 is 4.74 Å². The number of hydrogen-bond donors (Lipinski definition) is 1. The first-order valence-electron chi connectivity index (χ1n) is 7.29. The van der Waals surface area contributed by atoms with Crippen LogP contribution in [-0.2, 0) is 18.0 Å². The first-order valence-corrected chi connectivity index (χ1v) is 7.29. The first-order chi connectivity index (χ1) is 8.83. The van der Waals surface area contributed by atoms with Crippen LogP contribution in [0.4, 0.5) is 5.69 Å². The Balaban J connectivity index is 1.64. The van der Waals surface area contributed by atoms with Gasteiger partial charge in [0.2, 0.25) is 0 Å². The van der Waals surface area contributed by atoms with Crippen LogP contribution in [0.25, 0.3) is 0 Å². The van der Waals surface area contributed by atoms with E-state index in [2.05, 4.69) is 30.4 Å². The second-order valence-corrected chi connectivity index (χ2v) is 5.81. The van der Waals surface area contributed by atoms with Crippen LogP contribution in [-0.4, -0.2) is 6.04 Å². The Morgan fingerprint density at radius 2 is 1.89 bits per heavy atom. The van der Waals surface area contributed by atoms with Gasteiger partial charge in [0, 0.05) is 11.7 Å². The Labute approximate surface area is 110 Å². The van der Waals surface area contributed by atoms with Gasteiger partial charge in [0.25, 0.3) is 0 Å². The lowest BCUT2D eigenvalue weighted by molar-refractivity contribution is 0.134. The number of benzene rings is 1. The van der Waals surface area contributed by atoms with Crippen LogP contribution in [0.2, 0.25) is 0 Å². The molecule has 1 fully saturated rings. The van der Waals surface area contributed by atoms with E-state index in [1.165, 1.54) is 48.9 Å². The molecule has 1 unspecified atom stereocenters. The molecule has 0 amide bonds. The molecule has 1 aromatic carbocycles. The van der Waals surface area contributed by atoms with Crippen LogP contribution in [0.15, 0.2) is 18.2 Å². The number of nitrogens with one attached hydrogen (secondary N) is 1. The van der Waals surface area contributed by atoms with Gasteiger partial charge in [-0.3, -0.25) is 0 Å². The summed E-state index contributed by atoms with van der Waals surface area (Å²) in [5.74, 6) is 0.850. The monoisotopic (exact) mass is 245 g/mol. The van der Waals surface area contributed by atoms with Gasteiger partial charge in [-0.1, -0.05) is 25.3 Å². The maximum Gasteiger partial charge on any atom is 0.0725 e. The fraction of sp³-hybridized carbons (Fsp3) is 0.625. The third kappa shape index (κ3) is 2.54. The average molecular weight is 245 g/mol. The minimum Gasteiger partial charge on any atom is -0.382 e. The van der Waals surface area contributed by atoms with Crippen LogP contribution < -0.4 is 5.32 Å². The molecule has 1 saturated carbocycles. The number of ether oxygens (including phenoxy) is 1. The normalized spacial score (nSPS) is 21.6. The lowest BCUT2D eigenvalue weighted by Crippen LogP contribution is -2.27. The molecule has 1 aliphatic heterocycles. The summed E-state index contributed by atoms with van der Waals surface area (Å²) in [7, 11) is 0. The predicted molar refractivity (Wildman–Crippen MR) is 74.6 cm³/mol. The maximum atomic E-state index is 5.46. The highest BCUT2D eigenvalue weighted by Crippen LogP contribution is 2.29. The standard InChI is InChI=1S/C16H23NO/c1-12(13-5-3-2-4-6-13)17-16-8-7-14-10-18-11-15(14)9-16/h7-9,12-13,17H,2-6,10-11H2,1H3. The SMILES string of the molecule is CC(Nc1ccc2c(c1)COC2)C1CCCCC1. The minimum atomic E-state index is 0.589. The Kier molecular flexibility index (Phi) is 3.55. The van der Waals surface area contributed by atoms with Gasteiger partial charge in [0.1, 0.15) is 0 Å². The second kappa shape index (κ2) is 5.31. The smallest absolute Gasteiger partial charge is 0.0725 e. The number of rotatable bonds is 3. The molecule has 3 rings (SSSR count). The molecule has 0 aromatic heterocycles. The molecule has 98 valence electrons. The van der Waals surface area contributed by atoms with E-state index in [4.69, 9.17) is 4.74 Å². The van der Waals surface area contributed by atoms with Crippen molar-refractivity contribution in [2.45, 2.75) is 58.3 Å². The fourth-order valence-electron chi connectivity index (χ4n) is 3.28. The van der Waals surface area contributed by atoms with Crippen LogP contribution in [0.3, 0.4) is 0 Å². The number of fused-ring (bicyclic) bond motifs is 1. The van der Waals surface area contributed by atoms with Crippen molar-refractivity contribution in [1.29, 1.82) is 0 Å². The van der Waals surface area contributed by atoms with Gasteiger partial charge >= 0.3 is 0 Å². The molecule has 18 heavy (non-hydrogen) atoms. The van der Waals surface area contributed by atoms with Gasteiger partial charge in [-0.15, -0.1) is 0 Å². The van der Waals surface area contributed by atoms with Crippen molar-refractivity contribution in [3.05, 3.63) is 29.3 Å². The summed E-state index contributed by atoms with van der Waals surface area (Å²) in [5, 5.41) is 3.69. The third-order valence-corrected chi connectivity index (χ3v) is 4.47. The van der Waals surface area contributed by atoms with E-state index in [9.17, 15) is 0 Å². The third-order valence-electron chi connectivity index (χ3n) is 4.47. The van der Waals surface area contributed by atoms with Crippen molar-refractivity contribution in [3.63, 3.8) is 0 Å². The number of anilines is 1. The summed E-state index contributed by atoms with van der Waals surface area (Å²) in [6.07, 6.45) is 7.03. The topological polar surface area (TPSA) is 21.3 Å². The molecule has 1 atom stereocenters. The molecule has 1 aliphatic carbocycles. The highest BCUT2D eigenvalue weighted by molar-refractivity contribution is 5.49. The maximum absolute atomic E-state index is 5.46. The highest BCUT2D eigenvalue weighted by atomic mass is 16.5. The van der Waals surface area contributed by atoms with E-state index in [0.29, 0.717) is 6.04 Å². The largest absolute Gasteiger partial charge is 0.382 e. The molecular weight excluding hydrogens is 222 g/mol. The van der Waals surface area contributed by atoms with Crippen LogP contribution in [0, 0.1) is 5.92 Å². The summed E-state index contributed by atoms with van der Waals surface area (Å²) in [5.41, 5.74) is 3.97. The van der Waals surface area contributed by atoms with Crippen LogP contribution in [0.5, 0.6) is 0 Å². The zero-order chi connectivity index (χ0) is 12.4. The number of hydrogen-bond acceptors (Lipinski definition) is 2. The van der Waals surface area contributed by atoms with Crippen molar-refractivity contribution in [1.82, 2.24) is 0 Å². The molecule has 2 nitrogen and oxygen atoms in total. The van der Waals surface area contributed by atoms with Crippen molar-refractivity contribution >= 4 is 5.69 Å². The molecule has 0 saturated heterocycles. The summed E-state index contributed by atoms with van der Waals surface area (Å²) < 4.78 is 5.46. The average Bonchev–Trinajstić information content (AvgIpc) is 2.87. The van der Waals surface area contributed by atoms with E-state index in [0.717, 1.165) is 19.1 Å². The first kappa shape index (κ1) is 12.0. The van der Waals surface area contributed by atoms with Gasteiger partial charge in [-0.25, -0.2) is 0 Å². The molecule has 1 aromatic rings. The summed E-state index contributed by atoms with van der Waals surface area (Å²) in [6.45, 7) is 3.90. The zero-order valence-electron chi connectivity index (χ0n) is 11.2. The van der Waals surface area contributed by atoms with E-state index in [1.54, 1.807) is 0 Å². The van der Waals surface area contributed by atoms with Crippen LogP contribution >= 0.6 is 0 Å². The van der Waals surface area contributed by atoms with Gasteiger partial charge < -0.3 is 10.1 Å². The molecule has 1 heterocycles. The Morgan fingerprint density at radius 3 is 2.72 bits per heavy atom. The van der Waals surface area contributed by atoms with E-state index in [-0.39, 0.29) is 0 Å². The molecule has 2 heteroatoms. The van der Waals surface area contributed by atoms with Crippen molar-refractivity contribution in [3.8, 4) is 0 Å². The molecule has 0 radical (unpaired) electrons. The summed E-state index contributed by atoms with van der Waals surface area (Å²) in [4.78, 5) is 0. The lowest BCUT2D eigenvalue weighted by atomic mass is 9.84. The Hall–Kier alpha value is -1.02. The van der Waals surface area contributed by atoms with Crippen molar-refractivity contribution in [2.24, 2.45) is 5.92 Å². The zero-order valence-corrected chi connectivity index (χ0v) is 11.2. The van der Waals surface area contributed by atoms with Gasteiger partial charge in [-0.2, -0.15) is 0 Å². The molecule has 0 spiro atoms. The minimum absolute atomic E-state index is 0.589. The van der Waals surface area contributed by atoms with Gasteiger partial charge in [0.15, 0.2) is 0 Å². The van der Waals surface area contributed by atoms with Crippen molar-refractivity contribution in [2.75, 3.05) is 5.32 Å². The Morgan fingerprint density at radius 1 is 1.11 bits per heavy atom. The van der Waals surface area contributed by atoms with Crippen LogP contribution in [0.1, 0.15) is 50.2 Å². The predicted octanol–water partition coefficient (Wildman–Crippen LogP) is 4.10. The summed E-state index contributed by atoms with van der Waals surface area (Å²) >= 11 is 0. The quantitative estimate of drug-likeness (QED) is 0.865. The molecule has 2 aliphatic rings. The highest BCUT2D eigenvalue weighted by Gasteiger charge is 2.20. The molecular formula is C16H23NO. The Bertz CT molecular complexity index is 410. The lowest BCUT2D eigenvalue weighted by Gasteiger charge is -2.29. The van der Waals surface area contributed by atoms with Gasteiger partial charge in [0.05, 0.1) is 13.2 Å². The molecule has 1 N–H and O–H groups in total.